The van der Waals surface area contributed by atoms with Crippen LogP contribution in [0.3, 0.4) is 0 Å². The van der Waals surface area contributed by atoms with Crippen LogP contribution in [0.5, 0.6) is 11.5 Å². The second-order valence-corrected chi connectivity index (χ2v) is 11.0. The molecule has 4 rings (SSSR count). The van der Waals surface area contributed by atoms with Crippen molar-refractivity contribution in [3.63, 3.8) is 0 Å². The zero-order valence-electron chi connectivity index (χ0n) is 20.8. The Balaban J connectivity index is 1.68. The maximum atomic E-state index is 12.7. The third-order valence-corrected chi connectivity index (χ3v) is 6.12. The van der Waals surface area contributed by atoms with Crippen LogP contribution in [0.25, 0.3) is 11.6 Å². The maximum Gasteiger partial charge on any atom is 0.255 e. The van der Waals surface area contributed by atoms with Gasteiger partial charge in [-0.25, -0.2) is 0 Å². The number of nitrogens with one attached hydrogen (secondary N) is 1. The minimum absolute atomic E-state index is 0.171. The first-order valence-corrected chi connectivity index (χ1v) is 11.7. The second-order valence-electron chi connectivity index (χ2n) is 11.0. The molecule has 0 saturated heterocycles. The number of rotatable bonds is 3. The summed E-state index contributed by atoms with van der Waals surface area (Å²) in [5.74, 6) is 0.890. The Labute approximate surface area is 202 Å². The number of hydrogen-bond acceptors (Lipinski definition) is 3. The van der Waals surface area contributed by atoms with Crippen LogP contribution in [0.2, 0.25) is 0 Å². The first kappa shape index (κ1) is 23.6. The van der Waals surface area contributed by atoms with Gasteiger partial charge in [0.2, 0.25) is 0 Å². The van der Waals surface area contributed by atoms with Gasteiger partial charge in [-0.15, -0.1) is 0 Å². The zero-order valence-corrected chi connectivity index (χ0v) is 20.8. The number of phenolic OH excluding ortho intramolecular Hbond substituents is 1. The fraction of sp³-hybridized carbons (Fsp3) is 0.300. The average molecular weight is 456 g/mol. The fourth-order valence-corrected chi connectivity index (χ4v) is 4.16. The minimum Gasteiger partial charge on any atom is -0.507 e. The molecular formula is C30H33NO3. The van der Waals surface area contributed by atoms with Gasteiger partial charge < -0.3 is 15.2 Å². The summed E-state index contributed by atoms with van der Waals surface area (Å²) < 4.78 is 6.10. The van der Waals surface area contributed by atoms with Crippen LogP contribution in [0.15, 0.2) is 60.7 Å². The quantitative estimate of drug-likeness (QED) is 0.440. The molecule has 2 N–H and O–H groups in total. The first-order valence-electron chi connectivity index (χ1n) is 11.7. The lowest BCUT2D eigenvalue weighted by Crippen LogP contribution is -2.18. The molecule has 0 aliphatic carbocycles. The van der Waals surface area contributed by atoms with Gasteiger partial charge in [0.1, 0.15) is 18.1 Å². The molecule has 0 unspecified atom stereocenters. The van der Waals surface area contributed by atoms with Crippen molar-refractivity contribution in [2.45, 2.75) is 52.4 Å². The molecule has 1 aliphatic rings. The van der Waals surface area contributed by atoms with E-state index in [0.29, 0.717) is 23.7 Å². The first-order chi connectivity index (χ1) is 15.9. The largest absolute Gasteiger partial charge is 0.507 e. The lowest BCUT2D eigenvalue weighted by atomic mass is 9.77. The van der Waals surface area contributed by atoms with Gasteiger partial charge in [0.15, 0.2) is 0 Å². The number of amides is 1. The van der Waals surface area contributed by atoms with Crippen LogP contribution < -0.4 is 10.1 Å². The van der Waals surface area contributed by atoms with Gasteiger partial charge in [-0.2, -0.15) is 0 Å². The van der Waals surface area contributed by atoms with Crippen molar-refractivity contribution < 1.29 is 14.6 Å². The Hall–Kier alpha value is -3.53. The minimum atomic E-state index is -0.199. The summed E-state index contributed by atoms with van der Waals surface area (Å²) >= 11 is 0. The van der Waals surface area contributed by atoms with Gasteiger partial charge in [0.25, 0.3) is 5.91 Å². The number of anilines is 1. The summed E-state index contributed by atoms with van der Waals surface area (Å²) in [5, 5.41) is 14.0. The summed E-state index contributed by atoms with van der Waals surface area (Å²) in [4.78, 5) is 12.7. The van der Waals surface area contributed by atoms with E-state index in [9.17, 15) is 9.90 Å². The Morgan fingerprint density at radius 3 is 2.09 bits per heavy atom. The van der Waals surface area contributed by atoms with Crippen molar-refractivity contribution in [3.8, 4) is 11.5 Å². The smallest absolute Gasteiger partial charge is 0.255 e. The fourth-order valence-electron chi connectivity index (χ4n) is 4.16. The normalized spacial score (nSPS) is 13.5. The maximum absolute atomic E-state index is 12.7. The highest BCUT2D eigenvalue weighted by atomic mass is 16.5. The molecule has 3 aromatic carbocycles. The van der Waals surface area contributed by atoms with Gasteiger partial charge in [-0.05, 0) is 64.4 Å². The molecule has 3 aromatic rings. The Bertz CT molecular complexity index is 1220. The number of carbonyl (C=O) groups excluding carboxylic acids is 1. The molecule has 0 spiro atoms. The SMILES string of the molecule is CC(C)(C)c1cc(C2=Cc3ccc(C(=O)Nc4ccccc4)cc3OC2)cc(C(C)(C)C)c1O. The van der Waals surface area contributed by atoms with Crippen molar-refractivity contribution in [1.82, 2.24) is 0 Å². The lowest BCUT2D eigenvalue weighted by Gasteiger charge is -2.29. The summed E-state index contributed by atoms with van der Waals surface area (Å²) in [7, 11) is 0. The topological polar surface area (TPSA) is 58.6 Å². The summed E-state index contributed by atoms with van der Waals surface area (Å²) in [5.41, 5.74) is 5.78. The van der Waals surface area contributed by atoms with Crippen LogP contribution in [-0.2, 0) is 10.8 Å². The zero-order chi connectivity index (χ0) is 24.7. The highest BCUT2D eigenvalue weighted by Crippen LogP contribution is 2.42. The Kier molecular flexibility index (Phi) is 6.03. The summed E-state index contributed by atoms with van der Waals surface area (Å²) in [6, 6.07) is 19.1. The molecule has 0 atom stereocenters. The molecule has 1 aliphatic heterocycles. The summed E-state index contributed by atoms with van der Waals surface area (Å²) in [6.45, 7) is 13.1. The van der Waals surface area contributed by atoms with E-state index in [2.05, 4.69) is 65.1 Å². The Morgan fingerprint density at radius 2 is 1.50 bits per heavy atom. The van der Waals surface area contributed by atoms with Crippen LogP contribution in [0, 0.1) is 0 Å². The highest BCUT2D eigenvalue weighted by molar-refractivity contribution is 6.05. The lowest BCUT2D eigenvalue weighted by molar-refractivity contribution is 0.102. The molecule has 1 heterocycles. The van der Waals surface area contributed by atoms with Crippen LogP contribution >= 0.6 is 0 Å². The number of benzene rings is 3. The van der Waals surface area contributed by atoms with E-state index in [1.165, 1.54) is 0 Å². The molecule has 0 fully saturated rings. The van der Waals surface area contributed by atoms with E-state index >= 15 is 0 Å². The number of carbonyl (C=O) groups is 1. The van der Waals surface area contributed by atoms with Gasteiger partial charge >= 0.3 is 0 Å². The molecule has 4 nitrogen and oxygen atoms in total. The van der Waals surface area contributed by atoms with Crippen LogP contribution in [0.1, 0.15) is 74.2 Å². The molecule has 176 valence electrons. The van der Waals surface area contributed by atoms with E-state index in [1.807, 2.05) is 42.5 Å². The molecule has 0 saturated carbocycles. The van der Waals surface area contributed by atoms with E-state index in [0.717, 1.165) is 33.5 Å². The number of fused-ring (bicyclic) bond motifs is 1. The highest BCUT2D eigenvalue weighted by Gasteiger charge is 2.28. The number of ether oxygens (including phenoxy) is 1. The molecule has 0 radical (unpaired) electrons. The predicted octanol–water partition coefficient (Wildman–Crippen LogP) is 7.17. The monoisotopic (exact) mass is 455 g/mol. The molecule has 0 aromatic heterocycles. The van der Waals surface area contributed by atoms with E-state index in [4.69, 9.17) is 4.74 Å². The van der Waals surface area contributed by atoms with Crippen molar-refractivity contribution >= 4 is 23.2 Å². The second kappa shape index (κ2) is 8.68. The van der Waals surface area contributed by atoms with E-state index in [1.54, 1.807) is 6.07 Å². The molecule has 1 amide bonds. The molecule has 4 heteroatoms. The van der Waals surface area contributed by atoms with Gasteiger partial charge in [-0.1, -0.05) is 65.8 Å². The van der Waals surface area contributed by atoms with Crippen molar-refractivity contribution in [2.75, 3.05) is 11.9 Å². The third kappa shape index (κ3) is 4.86. The van der Waals surface area contributed by atoms with Crippen molar-refractivity contribution in [3.05, 3.63) is 88.5 Å². The van der Waals surface area contributed by atoms with Gasteiger partial charge in [0.05, 0.1) is 0 Å². The number of aromatic hydroxyl groups is 1. The van der Waals surface area contributed by atoms with Crippen molar-refractivity contribution in [2.24, 2.45) is 0 Å². The number of para-hydroxylation sites is 1. The standard InChI is InChI=1S/C30H33NO3/c1-29(2,3)24-15-21(16-25(27(24)32)30(4,5)6)22-14-19-12-13-20(17-26(19)34-18-22)28(33)31-23-10-8-7-9-11-23/h7-17,32H,18H2,1-6H3,(H,31,33). The predicted molar refractivity (Wildman–Crippen MR) is 140 cm³/mol. The Morgan fingerprint density at radius 1 is 0.882 bits per heavy atom. The van der Waals surface area contributed by atoms with E-state index < -0.39 is 0 Å². The van der Waals surface area contributed by atoms with Crippen molar-refractivity contribution in [1.29, 1.82) is 0 Å². The average Bonchev–Trinajstić information content (AvgIpc) is 2.77. The van der Waals surface area contributed by atoms with Gasteiger partial charge in [0, 0.05) is 27.9 Å². The van der Waals surface area contributed by atoms with E-state index in [-0.39, 0.29) is 16.7 Å². The molecule has 34 heavy (non-hydrogen) atoms. The van der Waals surface area contributed by atoms with Gasteiger partial charge in [-0.3, -0.25) is 4.79 Å². The van der Waals surface area contributed by atoms with Crippen LogP contribution in [0.4, 0.5) is 5.69 Å². The van der Waals surface area contributed by atoms with Crippen LogP contribution in [-0.4, -0.2) is 17.6 Å². The summed E-state index contributed by atoms with van der Waals surface area (Å²) in [6.07, 6.45) is 2.11. The molecular weight excluding hydrogens is 422 g/mol. The number of hydrogen-bond donors (Lipinski definition) is 2. The molecule has 0 bridgehead atoms. The number of phenols is 1. The third-order valence-electron chi connectivity index (χ3n) is 6.12.